The second-order valence-corrected chi connectivity index (χ2v) is 7.87. The van der Waals surface area contributed by atoms with Crippen LogP contribution in [0.4, 0.5) is 0 Å². The number of fused-ring (bicyclic) bond motifs is 1. The predicted octanol–water partition coefficient (Wildman–Crippen LogP) is 2.00. The number of methoxy groups -OCH3 is 1. The molecule has 29 heavy (non-hydrogen) atoms. The first-order valence-electron chi connectivity index (χ1n) is 9.39. The molecule has 1 aliphatic rings. The molecule has 2 aromatic rings. The van der Waals surface area contributed by atoms with E-state index in [9.17, 15) is 19.6 Å². The first-order valence-corrected chi connectivity index (χ1v) is 10.4. The average molecular weight is 414 g/mol. The lowest BCUT2D eigenvalue weighted by Gasteiger charge is -2.22. The number of nitriles is 1. The average Bonchev–Trinajstić information content (AvgIpc) is 3.20. The van der Waals surface area contributed by atoms with E-state index in [0.717, 1.165) is 24.6 Å². The molecule has 0 bridgehead atoms. The van der Waals surface area contributed by atoms with Gasteiger partial charge in [0.15, 0.2) is 5.16 Å². The summed E-state index contributed by atoms with van der Waals surface area (Å²) < 4.78 is 6.05. The van der Waals surface area contributed by atoms with E-state index in [1.165, 1.54) is 11.7 Å². The molecule has 1 saturated carbocycles. The van der Waals surface area contributed by atoms with Gasteiger partial charge in [-0.25, -0.2) is 4.98 Å². The van der Waals surface area contributed by atoms with E-state index >= 15 is 0 Å². The number of aromatic nitrogens is 2. The van der Waals surface area contributed by atoms with Crippen molar-refractivity contribution in [1.82, 2.24) is 14.9 Å². The first-order chi connectivity index (χ1) is 14.0. The van der Waals surface area contributed by atoms with Gasteiger partial charge in [0.25, 0.3) is 5.56 Å². The molecule has 0 saturated heterocycles. The van der Waals surface area contributed by atoms with Gasteiger partial charge in [-0.15, -0.1) is 0 Å². The second-order valence-electron chi connectivity index (χ2n) is 6.93. The number of ether oxygens (including phenoxy) is 1. The van der Waals surface area contributed by atoms with Crippen LogP contribution in [0.5, 0.6) is 0 Å². The minimum Gasteiger partial charge on any atom is -0.469 e. The molecule has 1 amide bonds. The molecule has 3 rings (SSSR count). The summed E-state index contributed by atoms with van der Waals surface area (Å²) in [7, 11) is 1.29. The summed E-state index contributed by atoms with van der Waals surface area (Å²) in [6, 6.07) is 9.17. The first kappa shape index (κ1) is 20.9. The SMILES string of the molecule is COC(=O)CCn1c(SCC(=O)NC2(C#N)CCCC2)nc2ccccc2c1=O. The number of carbonyl (C=O) groups excluding carboxylic acids is 2. The Morgan fingerprint density at radius 2 is 2.07 bits per heavy atom. The number of thioether (sulfide) groups is 1. The van der Waals surface area contributed by atoms with Crippen LogP contribution in [0, 0.1) is 11.3 Å². The topological polar surface area (TPSA) is 114 Å². The van der Waals surface area contributed by atoms with Crippen LogP contribution < -0.4 is 10.9 Å². The fourth-order valence-electron chi connectivity index (χ4n) is 3.44. The van der Waals surface area contributed by atoms with Gasteiger partial charge in [0.1, 0.15) is 5.54 Å². The fourth-order valence-corrected chi connectivity index (χ4v) is 4.26. The number of rotatable bonds is 7. The summed E-state index contributed by atoms with van der Waals surface area (Å²) in [5.74, 6) is -0.691. The third-order valence-corrected chi connectivity index (χ3v) is 5.95. The number of nitrogens with zero attached hydrogens (tertiary/aromatic N) is 3. The van der Waals surface area contributed by atoms with Crippen LogP contribution in [0.2, 0.25) is 0 Å². The van der Waals surface area contributed by atoms with Gasteiger partial charge in [0, 0.05) is 6.54 Å². The number of nitrogens with one attached hydrogen (secondary N) is 1. The van der Waals surface area contributed by atoms with Gasteiger partial charge < -0.3 is 10.1 Å². The van der Waals surface area contributed by atoms with Crippen LogP contribution >= 0.6 is 11.8 Å². The number of benzene rings is 1. The molecule has 9 heteroatoms. The number of hydrogen-bond donors (Lipinski definition) is 1. The standard InChI is InChI=1S/C20H22N4O4S/c1-28-17(26)8-11-24-18(27)14-6-2-3-7-15(14)22-19(24)29-12-16(25)23-20(13-21)9-4-5-10-20/h2-3,6-7H,4-5,8-12H2,1H3,(H,23,25). The number of amides is 1. The maximum absolute atomic E-state index is 12.9. The summed E-state index contributed by atoms with van der Waals surface area (Å²) >= 11 is 1.11. The van der Waals surface area contributed by atoms with Crippen molar-refractivity contribution in [2.45, 2.75) is 49.3 Å². The van der Waals surface area contributed by atoms with Crippen LogP contribution in [-0.2, 0) is 20.9 Å². The van der Waals surface area contributed by atoms with Gasteiger partial charge in [-0.3, -0.25) is 19.0 Å². The van der Waals surface area contributed by atoms with Crippen molar-refractivity contribution in [2.75, 3.05) is 12.9 Å². The number of esters is 1. The van der Waals surface area contributed by atoms with Crippen molar-refractivity contribution in [3.05, 3.63) is 34.6 Å². The fraction of sp³-hybridized carbons (Fsp3) is 0.450. The Hall–Kier alpha value is -2.86. The second kappa shape index (κ2) is 9.09. The Morgan fingerprint density at radius 1 is 1.34 bits per heavy atom. The highest BCUT2D eigenvalue weighted by molar-refractivity contribution is 7.99. The zero-order valence-corrected chi connectivity index (χ0v) is 17.0. The van der Waals surface area contributed by atoms with Gasteiger partial charge in [0.2, 0.25) is 5.91 Å². The van der Waals surface area contributed by atoms with Crippen LogP contribution in [0.15, 0.2) is 34.2 Å². The molecule has 1 heterocycles. The van der Waals surface area contributed by atoms with E-state index in [1.807, 2.05) is 0 Å². The van der Waals surface area contributed by atoms with Crippen molar-refractivity contribution < 1.29 is 14.3 Å². The molecule has 0 aliphatic heterocycles. The molecular formula is C20H22N4O4S. The number of carbonyl (C=O) groups is 2. The van der Waals surface area contributed by atoms with Gasteiger partial charge in [-0.05, 0) is 37.8 Å². The lowest BCUT2D eigenvalue weighted by Crippen LogP contribution is -2.45. The Bertz CT molecular complexity index is 1020. The largest absolute Gasteiger partial charge is 0.469 e. The summed E-state index contributed by atoms with van der Waals surface area (Å²) in [5.41, 5.74) is -0.537. The molecule has 1 N–H and O–H groups in total. The lowest BCUT2D eigenvalue weighted by molar-refractivity contribution is -0.140. The zero-order chi connectivity index (χ0) is 20.9. The maximum Gasteiger partial charge on any atom is 0.307 e. The highest BCUT2D eigenvalue weighted by Gasteiger charge is 2.35. The molecular weight excluding hydrogens is 392 g/mol. The Labute approximate surface area is 172 Å². The molecule has 1 aromatic heterocycles. The maximum atomic E-state index is 12.9. The molecule has 0 radical (unpaired) electrons. The summed E-state index contributed by atoms with van der Waals surface area (Å²) in [6.45, 7) is 0.107. The van der Waals surface area contributed by atoms with Crippen LogP contribution in [-0.4, -0.2) is 39.8 Å². The highest BCUT2D eigenvalue weighted by Crippen LogP contribution is 2.29. The van der Waals surface area contributed by atoms with Gasteiger partial charge in [0.05, 0.1) is 36.3 Å². The summed E-state index contributed by atoms with van der Waals surface area (Å²) in [4.78, 5) is 41.4. The Kier molecular flexibility index (Phi) is 6.54. The molecule has 0 atom stereocenters. The normalized spacial score (nSPS) is 15.0. The van der Waals surface area contributed by atoms with Crippen LogP contribution in [0.1, 0.15) is 32.1 Å². The summed E-state index contributed by atoms with van der Waals surface area (Å²) in [6.07, 6.45) is 3.16. The van der Waals surface area contributed by atoms with Crippen LogP contribution in [0.25, 0.3) is 10.9 Å². The summed E-state index contributed by atoms with van der Waals surface area (Å²) in [5, 5.41) is 13.1. The van der Waals surface area contributed by atoms with Gasteiger partial charge >= 0.3 is 5.97 Å². The molecule has 0 unspecified atom stereocenters. The van der Waals surface area contributed by atoms with E-state index < -0.39 is 11.5 Å². The van der Waals surface area contributed by atoms with Crippen molar-refractivity contribution in [2.24, 2.45) is 0 Å². The van der Waals surface area contributed by atoms with E-state index in [2.05, 4.69) is 21.1 Å². The third-order valence-electron chi connectivity index (χ3n) is 4.98. The molecule has 152 valence electrons. The van der Waals surface area contributed by atoms with Gasteiger partial charge in [-0.2, -0.15) is 5.26 Å². The Morgan fingerprint density at radius 3 is 2.76 bits per heavy atom. The minimum atomic E-state index is -0.793. The van der Waals surface area contributed by atoms with E-state index in [4.69, 9.17) is 0 Å². The van der Waals surface area contributed by atoms with E-state index in [-0.39, 0.29) is 30.2 Å². The van der Waals surface area contributed by atoms with E-state index in [0.29, 0.717) is 28.9 Å². The Balaban J connectivity index is 1.81. The predicted molar refractivity (Wildman–Crippen MR) is 108 cm³/mol. The van der Waals surface area contributed by atoms with Crippen molar-refractivity contribution in [3.8, 4) is 6.07 Å². The molecule has 1 fully saturated rings. The molecule has 1 aromatic carbocycles. The zero-order valence-electron chi connectivity index (χ0n) is 16.1. The molecule has 8 nitrogen and oxygen atoms in total. The highest BCUT2D eigenvalue weighted by atomic mass is 32.2. The van der Waals surface area contributed by atoms with Crippen LogP contribution in [0.3, 0.4) is 0 Å². The van der Waals surface area contributed by atoms with Crippen molar-refractivity contribution >= 4 is 34.5 Å². The lowest BCUT2D eigenvalue weighted by atomic mass is 10.0. The van der Waals surface area contributed by atoms with Gasteiger partial charge in [-0.1, -0.05) is 23.9 Å². The van der Waals surface area contributed by atoms with E-state index in [1.54, 1.807) is 24.3 Å². The minimum absolute atomic E-state index is 0.0203. The van der Waals surface area contributed by atoms with Crippen molar-refractivity contribution in [1.29, 1.82) is 5.26 Å². The monoisotopic (exact) mass is 414 g/mol. The third kappa shape index (κ3) is 4.77. The smallest absolute Gasteiger partial charge is 0.307 e. The molecule has 1 aliphatic carbocycles. The quantitative estimate of drug-likeness (QED) is 0.419. The van der Waals surface area contributed by atoms with Crippen molar-refractivity contribution in [3.63, 3.8) is 0 Å². The molecule has 0 spiro atoms. The number of para-hydroxylation sites is 1. The number of hydrogen-bond acceptors (Lipinski definition) is 7.